The summed E-state index contributed by atoms with van der Waals surface area (Å²) in [5, 5.41) is 8.98. The molecule has 190 valence electrons. The highest BCUT2D eigenvalue weighted by Gasteiger charge is 2.23. The van der Waals surface area contributed by atoms with Crippen molar-refractivity contribution in [2.75, 3.05) is 5.32 Å². The van der Waals surface area contributed by atoms with E-state index in [1.807, 2.05) is 6.92 Å². The van der Waals surface area contributed by atoms with Crippen LogP contribution >= 0.6 is 0 Å². The second kappa shape index (κ2) is 11.9. The van der Waals surface area contributed by atoms with Gasteiger partial charge in [0.25, 0.3) is 0 Å². The molecule has 6 nitrogen and oxygen atoms in total. The number of allylic oxidation sites excluding steroid dienone is 2. The minimum Gasteiger partial charge on any atom is -0.454 e. The number of halogens is 1. The zero-order valence-corrected chi connectivity index (χ0v) is 21.2. The van der Waals surface area contributed by atoms with Gasteiger partial charge in [0.1, 0.15) is 5.75 Å². The van der Waals surface area contributed by atoms with E-state index in [0.717, 1.165) is 49.8 Å². The van der Waals surface area contributed by atoms with Gasteiger partial charge in [-0.3, -0.25) is 4.98 Å². The van der Waals surface area contributed by atoms with E-state index in [2.05, 4.69) is 59.2 Å². The Bertz CT molecular complexity index is 1180. The fraction of sp³-hybridized carbons (Fsp3) is 0.379. The van der Waals surface area contributed by atoms with Crippen molar-refractivity contribution in [1.82, 2.24) is 15.6 Å². The van der Waals surface area contributed by atoms with Gasteiger partial charge in [-0.15, -0.1) is 0 Å². The Morgan fingerprint density at radius 2 is 2.08 bits per heavy atom. The summed E-state index contributed by atoms with van der Waals surface area (Å²) in [6, 6.07) is 6.18. The van der Waals surface area contributed by atoms with Crippen molar-refractivity contribution in [3.05, 3.63) is 77.0 Å². The predicted octanol–water partition coefficient (Wildman–Crippen LogP) is 7.00. The minimum atomic E-state index is -0.550. The topological polar surface area (TPSA) is 75.3 Å². The first-order chi connectivity index (χ1) is 17.5. The molecule has 0 saturated heterocycles. The largest absolute Gasteiger partial charge is 0.454 e. The van der Waals surface area contributed by atoms with Crippen LogP contribution in [0.2, 0.25) is 0 Å². The number of hydrogen-bond donors (Lipinski definition) is 3. The number of urea groups is 1. The van der Waals surface area contributed by atoms with Gasteiger partial charge >= 0.3 is 6.03 Å². The number of dihydropyridines is 1. The molecule has 4 rings (SSSR count). The van der Waals surface area contributed by atoms with Gasteiger partial charge in [-0.1, -0.05) is 32.4 Å². The number of carbonyl (C=O) groups is 1. The van der Waals surface area contributed by atoms with Gasteiger partial charge in [0, 0.05) is 35.8 Å². The first-order valence-corrected chi connectivity index (χ1v) is 12.8. The lowest BCUT2D eigenvalue weighted by atomic mass is 9.96. The molecule has 3 N–H and O–H groups in total. The quantitative estimate of drug-likeness (QED) is 0.335. The average molecular weight is 491 g/mol. The summed E-state index contributed by atoms with van der Waals surface area (Å²) in [6.07, 6.45) is 16.4. The number of anilines is 1. The van der Waals surface area contributed by atoms with Crippen LogP contribution in [0.25, 0.3) is 6.08 Å². The zero-order chi connectivity index (χ0) is 25.5. The molecule has 7 heteroatoms. The fourth-order valence-electron chi connectivity index (χ4n) is 3.99. The molecular formula is C29H35FN4O2. The summed E-state index contributed by atoms with van der Waals surface area (Å²) in [6.45, 7) is 6.26. The van der Waals surface area contributed by atoms with Crippen molar-refractivity contribution >= 4 is 17.8 Å². The third-order valence-corrected chi connectivity index (χ3v) is 6.42. The van der Waals surface area contributed by atoms with Crippen LogP contribution in [-0.4, -0.2) is 23.1 Å². The second-order valence-electron chi connectivity index (χ2n) is 9.34. The summed E-state index contributed by atoms with van der Waals surface area (Å²) in [5.41, 5.74) is 4.54. The lowest BCUT2D eigenvalue weighted by molar-refractivity contribution is 0.251. The molecule has 2 aliphatic rings. The van der Waals surface area contributed by atoms with Gasteiger partial charge in [-0.25, -0.2) is 9.18 Å². The fourth-order valence-corrected chi connectivity index (χ4v) is 3.99. The maximum atomic E-state index is 14.8. The van der Waals surface area contributed by atoms with Crippen LogP contribution in [0.5, 0.6) is 11.5 Å². The molecule has 1 atom stereocenters. The Morgan fingerprint density at radius 3 is 2.75 bits per heavy atom. The van der Waals surface area contributed by atoms with Gasteiger partial charge in [0.2, 0.25) is 0 Å². The summed E-state index contributed by atoms with van der Waals surface area (Å²) in [7, 11) is 0. The summed E-state index contributed by atoms with van der Waals surface area (Å²) in [5.74, 6) is 0.0800. The molecular weight excluding hydrogens is 455 g/mol. The number of rotatable bonds is 10. The molecule has 1 saturated carbocycles. The summed E-state index contributed by atoms with van der Waals surface area (Å²) in [4.78, 5) is 16.5. The number of carbonyl (C=O) groups excluding carboxylic acids is 1. The molecule has 1 aliphatic heterocycles. The number of unbranched alkanes of at least 4 members (excludes halogenated alkanes) is 1. The maximum Gasteiger partial charge on any atom is 0.319 e. The van der Waals surface area contributed by atoms with Crippen molar-refractivity contribution in [3.63, 3.8) is 0 Å². The molecule has 1 aromatic carbocycles. The van der Waals surface area contributed by atoms with Gasteiger partial charge < -0.3 is 20.7 Å². The Kier molecular flexibility index (Phi) is 8.41. The third-order valence-electron chi connectivity index (χ3n) is 6.42. The Morgan fingerprint density at radius 1 is 1.25 bits per heavy atom. The highest BCUT2D eigenvalue weighted by atomic mass is 19.1. The van der Waals surface area contributed by atoms with Gasteiger partial charge in [-0.05, 0) is 74.4 Å². The molecule has 2 amide bonds. The van der Waals surface area contributed by atoms with Crippen LogP contribution in [0.3, 0.4) is 0 Å². The number of nitrogens with zero attached hydrogens (tertiary/aromatic N) is 1. The van der Waals surface area contributed by atoms with Crippen LogP contribution in [0, 0.1) is 12.7 Å². The zero-order valence-electron chi connectivity index (χ0n) is 21.2. The van der Waals surface area contributed by atoms with Crippen LogP contribution < -0.4 is 20.7 Å². The number of hydrogen-bond acceptors (Lipinski definition) is 4. The third kappa shape index (κ3) is 6.74. The number of benzene rings is 1. The number of ether oxygens (including phenoxy) is 1. The highest BCUT2D eigenvalue weighted by molar-refractivity contribution is 5.89. The Hall–Kier alpha value is -3.61. The molecule has 0 bridgehead atoms. The number of nitrogens with one attached hydrogen (secondary N) is 3. The van der Waals surface area contributed by atoms with Crippen molar-refractivity contribution in [1.29, 1.82) is 0 Å². The van der Waals surface area contributed by atoms with Crippen molar-refractivity contribution < 1.29 is 13.9 Å². The lowest BCUT2D eigenvalue weighted by Crippen LogP contribution is -2.30. The van der Waals surface area contributed by atoms with E-state index in [9.17, 15) is 9.18 Å². The minimum absolute atomic E-state index is 0.0905. The first-order valence-electron chi connectivity index (χ1n) is 12.8. The average Bonchev–Trinajstić information content (AvgIpc) is 3.69. The van der Waals surface area contributed by atoms with Crippen LogP contribution in [-0.2, 0) is 0 Å². The van der Waals surface area contributed by atoms with E-state index in [1.54, 1.807) is 18.3 Å². The molecule has 2 heterocycles. The summed E-state index contributed by atoms with van der Waals surface area (Å²) < 4.78 is 20.7. The number of aromatic nitrogens is 1. The predicted molar refractivity (Wildman–Crippen MR) is 143 cm³/mol. The smallest absolute Gasteiger partial charge is 0.319 e. The van der Waals surface area contributed by atoms with Crippen molar-refractivity contribution in [2.24, 2.45) is 0 Å². The molecule has 1 unspecified atom stereocenters. The van der Waals surface area contributed by atoms with E-state index < -0.39 is 5.82 Å². The van der Waals surface area contributed by atoms with Gasteiger partial charge in [-0.2, -0.15) is 0 Å². The number of amides is 2. The van der Waals surface area contributed by atoms with E-state index in [0.29, 0.717) is 11.4 Å². The van der Waals surface area contributed by atoms with Crippen molar-refractivity contribution in [3.8, 4) is 11.5 Å². The van der Waals surface area contributed by atoms with Gasteiger partial charge in [0.15, 0.2) is 11.6 Å². The standard InChI is InChI=1S/C29H35FN4O2/c1-4-6-7-21(25-12-8-20(5-2)18-32-25)16-26-19(3)27(14-15-31-26)36-28-13-11-23(17-24(28)30)34-29(35)33-22-9-10-22/h8,11-18,22,25,32H,4-7,9-10H2,1-3H3,(H2,33,34,35)/b21-16+. The first kappa shape index (κ1) is 25.5. The maximum absolute atomic E-state index is 14.8. The number of pyridine rings is 1. The normalized spacial score (nSPS) is 17.3. The molecule has 2 aromatic rings. The van der Waals surface area contributed by atoms with Crippen LogP contribution in [0.15, 0.2) is 60.0 Å². The molecule has 36 heavy (non-hydrogen) atoms. The molecule has 0 spiro atoms. The van der Waals surface area contributed by atoms with Crippen molar-refractivity contribution in [2.45, 2.75) is 71.4 Å². The molecule has 1 aromatic heterocycles. The van der Waals surface area contributed by atoms with Crippen LogP contribution in [0.1, 0.15) is 63.6 Å². The Balaban J connectivity index is 1.50. The van der Waals surface area contributed by atoms with E-state index >= 15 is 0 Å². The Labute approximate surface area is 212 Å². The molecule has 1 fully saturated rings. The highest BCUT2D eigenvalue weighted by Crippen LogP contribution is 2.31. The molecule has 0 radical (unpaired) electrons. The van der Waals surface area contributed by atoms with Gasteiger partial charge in [0.05, 0.1) is 11.7 Å². The summed E-state index contributed by atoms with van der Waals surface area (Å²) >= 11 is 0. The van der Waals surface area contributed by atoms with E-state index in [1.165, 1.54) is 23.3 Å². The second-order valence-corrected chi connectivity index (χ2v) is 9.34. The van der Waals surface area contributed by atoms with Crippen LogP contribution in [0.4, 0.5) is 14.9 Å². The van der Waals surface area contributed by atoms with E-state index in [-0.39, 0.29) is 23.9 Å². The monoisotopic (exact) mass is 490 g/mol. The lowest BCUT2D eigenvalue weighted by Gasteiger charge is -2.22. The van der Waals surface area contributed by atoms with E-state index in [4.69, 9.17) is 4.74 Å². The molecule has 1 aliphatic carbocycles. The SMILES string of the molecule is CCCC/C(=C\c1nccc(Oc2ccc(NC(=O)NC3CC3)cc2F)c1C)C1C=CC(CC)=CN1.